The molecule has 0 atom stereocenters. The summed E-state index contributed by atoms with van der Waals surface area (Å²) < 4.78 is 3.25. The molecule has 0 saturated carbocycles. The minimum Gasteiger partial charge on any atom is -0.352 e. The van der Waals surface area contributed by atoms with Crippen LogP contribution in [0.15, 0.2) is 83.3 Å². The highest BCUT2D eigenvalue weighted by Crippen LogP contribution is 2.19. The summed E-state index contributed by atoms with van der Waals surface area (Å²) in [4.78, 5) is 17.1. The van der Waals surface area contributed by atoms with Gasteiger partial charge in [-0.1, -0.05) is 70.9 Å². The zero-order valence-corrected chi connectivity index (χ0v) is 19.0. The number of benzene rings is 3. The van der Waals surface area contributed by atoms with Gasteiger partial charge in [0.15, 0.2) is 0 Å². The number of aryl methyl sites for hydroxylation is 1. The van der Waals surface area contributed by atoms with Crippen molar-refractivity contribution in [3.05, 3.63) is 100 Å². The first kappa shape index (κ1) is 21.3. The minimum atomic E-state index is -0.0223. The molecule has 0 aliphatic carbocycles. The second kappa shape index (κ2) is 10.4. The third kappa shape index (κ3) is 5.61. The van der Waals surface area contributed by atoms with Crippen LogP contribution in [0.3, 0.4) is 0 Å². The molecular weight excluding hydrogens is 450 g/mol. The average Bonchev–Trinajstić information content (AvgIpc) is 3.14. The highest BCUT2D eigenvalue weighted by atomic mass is 79.9. The summed E-state index contributed by atoms with van der Waals surface area (Å²) in [7, 11) is 0. The molecule has 4 nitrogen and oxygen atoms in total. The molecule has 3 aromatic carbocycles. The first-order chi connectivity index (χ1) is 15.2. The number of hydrogen-bond acceptors (Lipinski definition) is 2. The molecule has 4 aromatic rings. The lowest BCUT2D eigenvalue weighted by molar-refractivity contribution is 0.0953. The number of fused-ring (bicyclic) bond motifs is 1. The Hall–Kier alpha value is -2.92. The third-order valence-electron chi connectivity index (χ3n) is 5.37. The van der Waals surface area contributed by atoms with Gasteiger partial charge >= 0.3 is 0 Å². The second-order valence-electron chi connectivity index (χ2n) is 7.67. The van der Waals surface area contributed by atoms with Crippen LogP contribution < -0.4 is 5.32 Å². The van der Waals surface area contributed by atoms with Gasteiger partial charge in [0.05, 0.1) is 11.0 Å². The van der Waals surface area contributed by atoms with Crippen LogP contribution in [0, 0.1) is 0 Å². The summed E-state index contributed by atoms with van der Waals surface area (Å²) in [5.74, 6) is 1.11. The van der Waals surface area contributed by atoms with Crippen molar-refractivity contribution in [3.63, 3.8) is 0 Å². The monoisotopic (exact) mass is 475 g/mol. The molecule has 158 valence electrons. The fourth-order valence-corrected chi connectivity index (χ4v) is 4.18. The number of para-hydroxylation sites is 2. The summed E-state index contributed by atoms with van der Waals surface area (Å²) in [5, 5.41) is 3.01. The zero-order valence-electron chi connectivity index (χ0n) is 17.4. The fraction of sp³-hybridized carbons (Fsp3) is 0.231. The van der Waals surface area contributed by atoms with Crippen LogP contribution in [0.1, 0.15) is 41.0 Å². The molecule has 0 bridgehead atoms. The molecule has 5 heteroatoms. The molecule has 0 unspecified atom stereocenters. The average molecular weight is 476 g/mol. The lowest BCUT2D eigenvalue weighted by Gasteiger charge is -2.10. The maximum Gasteiger partial charge on any atom is 0.251 e. The van der Waals surface area contributed by atoms with Crippen molar-refractivity contribution >= 4 is 32.9 Å². The fourth-order valence-electron chi connectivity index (χ4n) is 3.78. The Kier molecular flexibility index (Phi) is 7.15. The van der Waals surface area contributed by atoms with E-state index in [1.807, 2.05) is 36.4 Å². The van der Waals surface area contributed by atoms with E-state index in [2.05, 4.69) is 68.3 Å². The predicted octanol–water partition coefficient (Wildman–Crippen LogP) is 5.99. The van der Waals surface area contributed by atoms with Gasteiger partial charge in [-0.3, -0.25) is 4.79 Å². The molecule has 4 rings (SSSR count). The van der Waals surface area contributed by atoms with E-state index in [0.29, 0.717) is 12.1 Å². The van der Waals surface area contributed by atoms with E-state index >= 15 is 0 Å². The van der Waals surface area contributed by atoms with Crippen molar-refractivity contribution in [2.24, 2.45) is 0 Å². The van der Waals surface area contributed by atoms with Crippen LogP contribution >= 0.6 is 15.9 Å². The lowest BCUT2D eigenvalue weighted by atomic mass is 10.1. The molecule has 1 heterocycles. The van der Waals surface area contributed by atoms with Crippen LogP contribution in [0.5, 0.6) is 0 Å². The molecule has 0 aliphatic rings. The quantitative estimate of drug-likeness (QED) is 0.302. The Morgan fingerprint density at radius 1 is 0.903 bits per heavy atom. The third-order valence-corrected chi connectivity index (χ3v) is 5.86. The van der Waals surface area contributed by atoms with Crippen molar-refractivity contribution in [1.29, 1.82) is 0 Å². The summed E-state index contributed by atoms with van der Waals surface area (Å²) in [6.07, 6.45) is 3.98. The maximum absolute atomic E-state index is 12.2. The smallest absolute Gasteiger partial charge is 0.251 e. The number of rotatable bonds is 9. The Morgan fingerprint density at radius 3 is 2.55 bits per heavy atom. The zero-order chi connectivity index (χ0) is 21.5. The normalized spacial score (nSPS) is 11.0. The van der Waals surface area contributed by atoms with Crippen molar-refractivity contribution in [3.8, 4) is 0 Å². The van der Waals surface area contributed by atoms with Gasteiger partial charge in [0, 0.05) is 29.5 Å². The van der Waals surface area contributed by atoms with Crippen LogP contribution in [0.2, 0.25) is 0 Å². The number of amides is 1. The van der Waals surface area contributed by atoms with Crippen LogP contribution in [-0.2, 0) is 13.0 Å². The Balaban J connectivity index is 1.31. The summed E-state index contributed by atoms with van der Waals surface area (Å²) in [5.41, 5.74) is 4.20. The van der Waals surface area contributed by atoms with E-state index in [1.54, 1.807) is 0 Å². The Labute approximate surface area is 191 Å². The molecular formula is C26H26BrN3O. The summed E-state index contributed by atoms with van der Waals surface area (Å²) in [6.45, 7) is 1.52. The molecule has 1 aromatic heterocycles. The van der Waals surface area contributed by atoms with Crippen molar-refractivity contribution in [2.45, 2.75) is 32.2 Å². The van der Waals surface area contributed by atoms with E-state index in [0.717, 1.165) is 48.0 Å². The summed E-state index contributed by atoms with van der Waals surface area (Å²) in [6, 6.07) is 26.3. The van der Waals surface area contributed by atoms with Crippen LogP contribution in [-0.4, -0.2) is 22.0 Å². The second-order valence-corrected chi connectivity index (χ2v) is 8.58. The molecule has 31 heavy (non-hydrogen) atoms. The van der Waals surface area contributed by atoms with Gasteiger partial charge in [-0.2, -0.15) is 0 Å². The SMILES string of the molecule is O=C(NCCCCCc1nc2ccccc2n1Cc1ccccc1)c1cccc(Br)c1. The molecule has 0 saturated heterocycles. The van der Waals surface area contributed by atoms with Gasteiger partial charge in [-0.15, -0.1) is 0 Å². The van der Waals surface area contributed by atoms with Crippen molar-refractivity contribution in [2.75, 3.05) is 6.54 Å². The first-order valence-electron chi connectivity index (χ1n) is 10.7. The number of hydrogen-bond donors (Lipinski definition) is 1. The topological polar surface area (TPSA) is 46.9 Å². The molecule has 0 aliphatic heterocycles. The van der Waals surface area contributed by atoms with Crippen LogP contribution in [0.4, 0.5) is 0 Å². The van der Waals surface area contributed by atoms with E-state index < -0.39 is 0 Å². The highest BCUT2D eigenvalue weighted by Gasteiger charge is 2.11. The van der Waals surface area contributed by atoms with E-state index in [-0.39, 0.29) is 5.91 Å². The number of aromatic nitrogens is 2. The van der Waals surface area contributed by atoms with Gasteiger partial charge in [0.1, 0.15) is 5.82 Å². The van der Waals surface area contributed by atoms with Crippen molar-refractivity contribution < 1.29 is 4.79 Å². The van der Waals surface area contributed by atoms with Gasteiger partial charge in [-0.05, 0) is 48.7 Å². The predicted molar refractivity (Wildman–Crippen MR) is 129 cm³/mol. The first-order valence-corrected chi connectivity index (χ1v) is 11.5. The Morgan fingerprint density at radius 2 is 1.71 bits per heavy atom. The summed E-state index contributed by atoms with van der Waals surface area (Å²) >= 11 is 3.41. The van der Waals surface area contributed by atoms with Crippen molar-refractivity contribution in [1.82, 2.24) is 14.9 Å². The van der Waals surface area contributed by atoms with Gasteiger partial charge < -0.3 is 9.88 Å². The number of carbonyl (C=O) groups is 1. The molecule has 0 spiro atoms. The van der Waals surface area contributed by atoms with E-state index in [9.17, 15) is 4.79 Å². The molecule has 1 amide bonds. The number of nitrogens with one attached hydrogen (secondary N) is 1. The van der Waals surface area contributed by atoms with Crippen LogP contribution in [0.25, 0.3) is 11.0 Å². The minimum absolute atomic E-state index is 0.0223. The van der Waals surface area contributed by atoms with Gasteiger partial charge in [0.25, 0.3) is 5.91 Å². The van der Waals surface area contributed by atoms with Gasteiger partial charge in [-0.25, -0.2) is 4.98 Å². The maximum atomic E-state index is 12.2. The van der Waals surface area contributed by atoms with E-state index in [1.165, 1.54) is 11.1 Å². The van der Waals surface area contributed by atoms with E-state index in [4.69, 9.17) is 4.98 Å². The number of carbonyl (C=O) groups excluding carboxylic acids is 1. The number of imidazole rings is 1. The number of halogens is 1. The standard InChI is InChI=1S/C26H26BrN3O/c27-22-13-9-12-21(18-22)26(31)28-17-8-2-5-16-25-29-23-14-6-7-15-24(23)30(25)19-20-10-3-1-4-11-20/h1,3-4,6-7,9-15,18H,2,5,8,16-17,19H2,(H,28,31). The lowest BCUT2D eigenvalue weighted by Crippen LogP contribution is -2.24. The largest absolute Gasteiger partial charge is 0.352 e. The molecule has 0 radical (unpaired) electrons. The molecule has 0 fully saturated rings. The number of unbranched alkanes of at least 4 members (excludes halogenated alkanes) is 2. The van der Waals surface area contributed by atoms with Gasteiger partial charge in [0.2, 0.25) is 0 Å². The Bertz CT molecular complexity index is 1150. The number of nitrogens with zero attached hydrogens (tertiary/aromatic N) is 2. The molecule has 1 N–H and O–H groups in total. The highest BCUT2D eigenvalue weighted by molar-refractivity contribution is 9.10.